The molecule has 0 spiro atoms. The van der Waals surface area contributed by atoms with Crippen LogP contribution in [-0.2, 0) is 11.2 Å². The Hall–Kier alpha value is -2.95. The molecule has 0 atom stereocenters. The first-order valence-corrected chi connectivity index (χ1v) is 8.35. The summed E-state index contributed by atoms with van der Waals surface area (Å²) in [6.45, 7) is 0.921. The van der Waals surface area contributed by atoms with E-state index >= 15 is 0 Å². The number of ether oxygens (including phenoxy) is 2. The van der Waals surface area contributed by atoms with Crippen LogP contribution >= 0.6 is 0 Å². The SMILES string of the molecule is COc1ccc(OCCNC(=O)CCc2c[nH]c3ccccc23)cc1. The number of fused-ring (bicyclic) bond motifs is 1. The molecule has 3 aromatic rings. The maximum atomic E-state index is 12.0. The van der Waals surface area contributed by atoms with E-state index in [0.717, 1.165) is 23.4 Å². The first-order valence-electron chi connectivity index (χ1n) is 8.35. The van der Waals surface area contributed by atoms with Gasteiger partial charge in [-0.05, 0) is 42.3 Å². The average Bonchev–Trinajstić information content (AvgIpc) is 3.07. The van der Waals surface area contributed by atoms with Gasteiger partial charge in [0.2, 0.25) is 5.91 Å². The third kappa shape index (κ3) is 4.53. The summed E-state index contributed by atoms with van der Waals surface area (Å²) in [5.41, 5.74) is 2.27. The van der Waals surface area contributed by atoms with Gasteiger partial charge in [0.15, 0.2) is 0 Å². The standard InChI is InChI=1S/C20H22N2O3/c1-24-16-7-9-17(10-8-16)25-13-12-21-20(23)11-6-15-14-22-19-5-3-2-4-18(15)19/h2-5,7-10,14,22H,6,11-13H2,1H3,(H,21,23). The van der Waals surface area contributed by atoms with Crippen molar-refractivity contribution in [2.24, 2.45) is 0 Å². The van der Waals surface area contributed by atoms with E-state index < -0.39 is 0 Å². The molecular weight excluding hydrogens is 316 g/mol. The highest BCUT2D eigenvalue weighted by molar-refractivity contribution is 5.84. The predicted octanol–water partition coefficient (Wildman–Crippen LogP) is 3.30. The van der Waals surface area contributed by atoms with Gasteiger partial charge in [-0.25, -0.2) is 0 Å². The van der Waals surface area contributed by atoms with E-state index in [1.165, 1.54) is 10.9 Å². The highest BCUT2D eigenvalue weighted by Gasteiger charge is 2.06. The molecular formula is C20H22N2O3. The monoisotopic (exact) mass is 338 g/mol. The number of hydrogen-bond donors (Lipinski definition) is 2. The normalized spacial score (nSPS) is 10.6. The Labute approximate surface area is 147 Å². The minimum Gasteiger partial charge on any atom is -0.497 e. The summed E-state index contributed by atoms with van der Waals surface area (Å²) in [6, 6.07) is 15.5. The number of nitrogens with one attached hydrogen (secondary N) is 2. The van der Waals surface area contributed by atoms with Crippen LogP contribution in [0.3, 0.4) is 0 Å². The zero-order chi connectivity index (χ0) is 17.5. The molecule has 1 heterocycles. The fourth-order valence-electron chi connectivity index (χ4n) is 2.71. The number of aromatic nitrogens is 1. The highest BCUT2D eigenvalue weighted by Crippen LogP contribution is 2.19. The summed E-state index contributed by atoms with van der Waals surface area (Å²) >= 11 is 0. The Morgan fingerprint density at radius 1 is 1.08 bits per heavy atom. The fraction of sp³-hybridized carbons (Fsp3) is 0.250. The lowest BCUT2D eigenvalue weighted by molar-refractivity contribution is -0.121. The molecule has 3 rings (SSSR count). The van der Waals surface area contributed by atoms with E-state index in [1.54, 1.807) is 7.11 Å². The van der Waals surface area contributed by atoms with E-state index in [0.29, 0.717) is 19.6 Å². The Bertz CT molecular complexity index is 824. The quantitative estimate of drug-likeness (QED) is 0.620. The summed E-state index contributed by atoms with van der Waals surface area (Å²) in [5.74, 6) is 1.58. The molecule has 0 aliphatic heterocycles. The van der Waals surface area contributed by atoms with E-state index in [1.807, 2.05) is 48.7 Å². The molecule has 1 amide bonds. The number of aryl methyl sites for hydroxylation is 1. The summed E-state index contributed by atoms with van der Waals surface area (Å²) in [7, 11) is 1.63. The lowest BCUT2D eigenvalue weighted by Crippen LogP contribution is -2.28. The molecule has 0 saturated heterocycles. The van der Waals surface area contributed by atoms with Crippen LogP contribution in [0.4, 0.5) is 0 Å². The third-order valence-electron chi connectivity index (χ3n) is 4.05. The first kappa shape index (κ1) is 16.9. The number of methoxy groups -OCH3 is 1. The van der Waals surface area contributed by atoms with Crippen molar-refractivity contribution in [3.05, 3.63) is 60.3 Å². The third-order valence-corrected chi connectivity index (χ3v) is 4.05. The molecule has 130 valence electrons. The van der Waals surface area contributed by atoms with Gasteiger partial charge in [0.05, 0.1) is 13.7 Å². The Kier molecular flexibility index (Phi) is 5.57. The molecule has 5 heteroatoms. The van der Waals surface area contributed by atoms with Gasteiger partial charge in [0.1, 0.15) is 18.1 Å². The number of para-hydroxylation sites is 1. The number of carbonyl (C=O) groups excluding carboxylic acids is 1. The number of benzene rings is 2. The topological polar surface area (TPSA) is 63.4 Å². The molecule has 25 heavy (non-hydrogen) atoms. The van der Waals surface area contributed by atoms with Gasteiger partial charge in [-0.1, -0.05) is 18.2 Å². The fourth-order valence-corrected chi connectivity index (χ4v) is 2.71. The molecule has 2 N–H and O–H groups in total. The first-order chi connectivity index (χ1) is 12.3. The van der Waals surface area contributed by atoms with Gasteiger partial charge in [-0.15, -0.1) is 0 Å². The second-order valence-corrected chi connectivity index (χ2v) is 5.73. The van der Waals surface area contributed by atoms with E-state index in [4.69, 9.17) is 9.47 Å². The number of H-pyrrole nitrogens is 1. The maximum absolute atomic E-state index is 12.0. The Morgan fingerprint density at radius 3 is 2.64 bits per heavy atom. The molecule has 0 saturated carbocycles. The van der Waals surface area contributed by atoms with Crippen LogP contribution in [-0.4, -0.2) is 31.2 Å². The predicted molar refractivity (Wildman–Crippen MR) is 98.1 cm³/mol. The average molecular weight is 338 g/mol. The molecule has 2 aromatic carbocycles. The molecule has 0 fully saturated rings. The van der Waals surface area contributed by atoms with Crippen molar-refractivity contribution in [3.8, 4) is 11.5 Å². The highest BCUT2D eigenvalue weighted by atomic mass is 16.5. The second-order valence-electron chi connectivity index (χ2n) is 5.73. The lowest BCUT2D eigenvalue weighted by atomic mass is 10.1. The van der Waals surface area contributed by atoms with Gasteiger partial charge in [0.25, 0.3) is 0 Å². The molecule has 5 nitrogen and oxygen atoms in total. The van der Waals surface area contributed by atoms with Crippen LogP contribution in [0, 0.1) is 0 Å². The summed E-state index contributed by atoms with van der Waals surface area (Å²) < 4.78 is 10.7. The molecule has 0 unspecified atom stereocenters. The van der Waals surface area contributed by atoms with Crippen molar-refractivity contribution in [2.75, 3.05) is 20.3 Å². The van der Waals surface area contributed by atoms with Crippen molar-refractivity contribution in [1.29, 1.82) is 0 Å². The number of rotatable bonds is 8. The minimum atomic E-state index is 0.0311. The van der Waals surface area contributed by atoms with Gasteiger partial charge >= 0.3 is 0 Å². The van der Waals surface area contributed by atoms with E-state index in [2.05, 4.69) is 16.4 Å². The van der Waals surface area contributed by atoms with Gasteiger partial charge in [-0.3, -0.25) is 4.79 Å². The summed E-state index contributed by atoms with van der Waals surface area (Å²) in [5, 5.41) is 4.07. The zero-order valence-electron chi connectivity index (χ0n) is 14.2. The van der Waals surface area contributed by atoms with Crippen LogP contribution in [0.5, 0.6) is 11.5 Å². The van der Waals surface area contributed by atoms with Crippen molar-refractivity contribution in [3.63, 3.8) is 0 Å². The summed E-state index contributed by atoms with van der Waals surface area (Å²) in [4.78, 5) is 15.2. The van der Waals surface area contributed by atoms with Crippen LogP contribution in [0.1, 0.15) is 12.0 Å². The van der Waals surface area contributed by atoms with Gasteiger partial charge in [-0.2, -0.15) is 0 Å². The minimum absolute atomic E-state index is 0.0311. The van der Waals surface area contributed by atoms with Gasteiger partial charge in [0, 0.05) is 23.5 Å². The molecule has 1 aromatic heterocycles. The van der Waals surface area contributed by atoms with Crippen LogP contribution in [0.15, 0.2) is 54.7 Å². The Balaban J connectivity index is 1.38. The molecule has 0 aliphatic carbocycles. The van der Waals surface area contributed by atoms with Crippen LogP contribution in [0.2, 0.25) is 0 Å². The second kappa shape index (κ2) is 8.24. The zero-order valence-corrected chi connectivity index (χ0v) is 14.2. The number of hydrogen-bond acceptors (Lipinski definition) is 3. The maximum Gasteiger partial charge on any atom is 0.220 e. The summed E-state index contributed by atoms with van der Waals surface area (Å²) in [6.07, 6.45) is 3.16. The number of carbonyl (C=O) groups is 1. The number of amides is 1. The van der Waals surface area contributed by atoms with Crippen molar-refractivity contribution < 1.29 is 14.3 Å². The van der Waals surface area contributed by atoms with Crippen molar-refractivity contribution in [1.82, 2.24) is 10.3 Å². The van der Waals surface area contributed by atoms with Crippen LogP contribution < -0.4 is 14.8 Å². The Morgan fingerprint density at radius 2 is 1.84 bits per heavy atom. The van der Waals surface area contributed by atoms with Crippen molar-refractivity contribution in [2.45, 2.75) is 12.8 Å². The van der Waals surface area contributed by atoms with E-state index in [9.17, 15) is 4.79 Å². The molecule has 0 aliphatic rings. The molecule has 0 radical (unpaired) electrons. The lowest BCUT2D eigenvalue weighted by Gasteiger charge is -2.08. The smallest absolute Gasteiger partial charge is 0.220 e. The van der Waals surface area contributed by atoms with Crippen molar-refractivity contribution >= 4 is 16.8 Å². The van der Waals surface area contributed by atoms with Crippen LogP contribution in [0.25, 0.3) is 10.9 Å². The van der Waals surface area contributed by atoms with Gasteiger partial charge < -0.3 is 19.8 Å². The van der Waals surface area contributed by atoms with E-state index in [-0.39, 0.29) is 5.91 Å². The number of aromatic amines is 1. The molecule has 0 bridgehead atoms. The largest absolute Gasteiger partial charge is 0.497 e.